The van der Waals surface area contributed by atoms with E-state index < -0.39 is 0 Å². The van der Waals surface area contributed by atoms with Crippen molar-refractivity contribution in [2.75, 3.05) is 6.61 Å². The molecule has 0 aliphatic heterocycles. The lowest BCUT2D eigenvalue weighted by Gasteiger charge is -2.13. The largest absolute Gasteiger partial charge is 0.492 e. The Balaban J connectivity index is 1.52. The number of hydrogen-bond donors (Lipinski definition) is 1. The van der Waals surface area contributed by atoms with Crippen LogP contribution in [0.4, 0.5) is 0 Å². The molecule has 0 unspecified atom stereocenters. The minimum absolute atomic E-state index is 0.729. The molecule has 1 aromatic rings. The minimum Gasteiger partial charge on any atom is -0.492 e. The van der Waals surface area contributed by atoms with Crippen LogP contribution in [0.15, 0.2) is 18.2 Å². The van der Waals surface area contributed by atoms with Crippen molar-refractivity contribution < 1.29 is 4.74 Å². The maximum atomic E-state index is 6.29. The lowest BCUT2D eigenvalue weighted by molar-refractivity contribution is 0.252. The van der Waals surface area contributed by atoms with Gasteiger partial charge >= 0.3 is 0 Å². The molecular weight excluding hydrogens is 258 g/mol. The molecule has 1 N–H and O–H groups in total. The van der Waals surface area contributed by atoms with Gasteiger partial charge in [0.15, 0.2) is 0 Å². The summed E-state index contributed by atoms with van der Waals surface area (Å²) in [5.41, 5.74) is 1.24. The monoisotopic (exact) mass is 279 g/mol. The lowest BCUT2D eigenvalue weighted by atomic mass is 10.1. The van der Waals surface area contributed by atoms with Gasteiger partial charge in [0, 0.05) is 12.6 Å². The summed E-state index contributed by atoms with van der Waals surface area (Å²) in [5, 5.41) is 4.24. The molecule has 0 aromatic heterocycles. The molecule has 0 bridgehead atoms. The Morgan fingerprint density at radius 3 is 2.63 bits per heavy atom. The molecule has 2 saturated carbocycles. The van der Waals surface area contributed by atoms with Gasteiger partial charge in [-0.05, 0) is 49.3 Å². The summed E-state index contributed by atoms with van der Waals surface area (Å²) in [6, 6.07) is 6.89. The molecule has 19 heavy (non-hydrogen) atoms. The number of rotatable bonds is 6. The van der Waals surface area contributed by atoms with E-state index in [0.29, 0.717) is 0 Å². The van der Waals surface area contributed by atoms with Crippen LogP contribution in [0.3, 0.4) is 0 Å². The van der Waals surface area contributed by atoms with Gasteiger partial charge < -0.3 is 10.1 Å². The van der Waals surface area contributed by atoms with E-state index in [1.165, 1.54) is 44.1 Å². The van der Waals surface area contributed by atoms with Gasteiger partial charge in [0.1, 0.15) is 5.75 Å². The predicted molar refractivity (Wildman–Crippen MR) is 78.8 cm³/mol. The van der Waals surface area contributed by atoms with Crippen LogP contribution in [0.25, 0.3) is 0 Å². The molecule has 0 spiro atoms. The van der Waals surface area contributed by atoms with E-state index in [9.17, 15) is 0 Å². The smallest absolute Gasteiger partial charge is 0.137 e. The third kappa shape index (κ3) is 3.87. The van der Waals surface area contributed by atoms with E-state index in [-0.39, 0.29) is 0 Å². The Morgan fingerprint density at radius 2 is 1.95 bits per heavy atom. The number of hydrogen-bond acceptors (Lipinski definition) is 2. The molecule has 3 heteroatoms. The van der Waals surface area contributed by atoms with Crippen molar-refractivity contribution >= 4 is 11.6 Å². The average molecular weight is 280 g/mol. The number of nitrogens with one attached hydrogen (secondary N) is 1. The summed E-state index contributed by atoms with van der Waals surface area (Å²) in [4.78, 5) is 0. The van der Waals surface area contributed by atoms with Gasteiger partial charge in [-0.1, -0.05) is 30.5 Å². The van der Waals surface area contributed by atoms with Crippen molar-refractivity contribution in [1.29, 1.82) is 0 Å². The van der Waals surface area contributed by atoms with Crippen LogP contribution in [-0.2, 0) is 6.54 Å². The molecule has 0 atom stereocenters. The SMILES string of the molecule is Clc1cc(CNC2CC2)ccc1OCC1CCCC1. The van der Waals surface area contributed by atoms with Gasteiger partial charge in [-0.3, -0.25) is 0 Å². The molecule has 2 nitrogen and oxygen atoms in total. The van der Waals surface area contributed by atoms with E-state index in [4.69, 9.17) is 16.3 Å². The Kier molecular flexibility index (Phi) is 4.29. The van der Waals surface area contributed by atoms with Crippen molar-refractivity contribution in [3.05, 3.63) is 28.8 Å². The Labute approximate surface area is 120 Å². The fourth-order valence-electron chi connectivity index (χ4n) is 2.71. The van der Waals surface area contributed by atoms with E-state index in [0.717, 1.165) is 35.9 Å². The van der Waals surface area contributed by atoms with E-state index >= 15 is 0 Å². The third-order valence-corrected chi connectivity index (χ3v) is 4.41. The fraction of sp³-hybridized carbons (Fsp3) is 0.625. The second kappa shape index (κ2) is 6.15. The van der Waals surface area contributed by atoms with Crippen molar-refractivity contribution in [3.63, 3.8) is 0 Å². The molecule has 0 amide bonds. The average Bonchev–Trinajstić information content (AvgIpc) is 3.10. The number of benzene rings is 1. The summed E-state index contributed by atoms with van der Waals surface area (Å²) in [6.45, 7) is 1.73. The van der Waals surface area contributed by atoms with Crippen molar-refractivity contribution in [3.8, 4) is 5.75 Å². The highest BCUT2D eigenvalue weighted by Gasteiger charge is 2.20. The van der Waals surface area contributed by atoms with Gasteiger partial charge in [0.2, 0.25) is 0 Å². The molecule has 2 fully saturated rings. The van der Waals surface area contributed by atoms with Gasteiger partial charge in [0.05, 0.1) is 11.6 Å². The molecule has 0 saturated heterocycles. The first-order valence-electron chi connectivity index (χ1n) is 7.46. The topological polar surface area (TPSA) is 21.3 Å². The lowest BCUT2D eigenvalue weighted by Crippen LogP contribution is -2.15. The first-order chi connectivity index (χ1) is 9.31. The third-order valence-electron chi connectivity index (χ3n) is 4.12. The minimum atomic E-state index is 0.729. The zero-order chi connectivity index (χ0) is 13.1. The van der Waals surface area contributed by atoms with Gasteiger partial charge in [-0.25, -0.2) is 0 Å². The summed E-state index contributed by atoms with van der Waals surface area (Å²) >= 11 is 6.29. The van der Waals surface area contributed by atoms with E-state index in [1.807, 2.05) is 12.1 Å². The predicted octanol–water partition coefficient (Wildman–Crippen LogP) is 4.16. The fourth-order valence-corrected chi connectivity index (χ4v) is 2.96. The molecule has 0 radical (unpaired) electrons. The van der Waals surface area contributed by atoms with E-state index in [1.54, 1.807) is 0 Å². The summed E-state index contributed by atoms with van der Waals surface area (Å²) in [6.07, 6.45) is 7.95. The van der Waals surface area contributed by atoms with E-state index in [2.05, 4.69) is 11.4 Å². The van der Waals surface area contributed by atoms with Gasteiger partial charge in [0.25, 0.3) is 0 Å². The molecule has 3 rings (SSSR count). The van der Waals surface area contributed by atoms with Crippen LogP contribution in [0.5, 0.6) is 5.75 Å². The molecule has 1 aromatic carbocycles. The quantitative estimate of drug-likeness (QED) is 0.844. The Morgan fingerprint density at radius 1 is 1.16 bits per heavy atom. The van der Waals surface area contributed by atoms with Crippen LogP contribution < -0.4 is 10.1 Å². The van der Waals surface area contributed by atoms with Crippen LogP contribution in [0, 0.1) is 5.92 Å². The van der Waals surface area contributed by atoms with Crippen LogP contribution in [0.2, 0.25) is 5.02 Å². The Hall–Kier alpha value is -0.730. The first kappa shape index (κ1) is 13.3. The normalized spacial score (nSPS) is 19.8. The summed E-state index contributed by atoms with van der Waals surface area (Å²) in [7, 11) is 0. The number of ether oxygens (including phenoxy) is 1. The van der Waals surface area contributed by atoms with Crippen LogP contribution in [-0.4, -0.2) is 12.6 Å². The van der Waals surface area contributed by atoms with Crippen LogP contribution >= 0.6 is 11.6 Å². The highest BCUT2D eigenvalue weighted by atomic mass is 35.5. The highest BCUT2D eigenvalue weighted by Crippen LogP contribution is 2.29. The maximum absolute atomic E-state index is 6.29. The maximum Gasteiger partial charge on any atom is 0.137 e. The second-order valence-corrected chi connectivity index (χ2v) is 6.29. The second-order valence-electron chi connectivity index (χ2n) is 5.88. The standard InChI is InChI=1S/C16H22ClNO/c17-15-9-13(10-18-14-6-7-14)5-8-16(15)19-11-12-3-1-2-4-12/h5,8-9,12,14,18H,1-4,6-7,10-11H2. The first-order valence-corrected chi connectivity index (χ1v) is 7.83. The van der Waals surface area contributed by atoms with Gasteiger partial charge in [-0.2, -0.15) is 0 Å². The van der Waals surface area contributed by atoms with Crippen molar-refractivity contribution in [1.82, 2.24) is 5.32 Å². The molecule has 0 heterocycles. The zero-order valence-electron chi connectivity index (χ0n) is 11.3. The molecular formula is C16H22ClNO. The molecule has 2 aliphatic carbocycles. The van der Waals surface area contributed by atoms with Crippen molar-refractivity contribution in [2.24, 2.45) is 5.92 Å². The number of halogens is 1. The van der Waals surface area contributed by atoms with Crippen molar-refractivity contribution in [2.45, 2.75) is 51.1 Å². The summed E-state index contributed by atoms with van der Waals surface area (Å²) in [5.74, 6) is 1.57. The molecule has 2 aliphatic rings. The van der Waals surface area contributed by atoms with Crippen LogP contribution in [0.1, 0.15) is 44.1 Å². The zero-order valence-corrected chi connectivity index (χ0v) is 12.1. The highest BCUT2D eigenvalue weighted by molar-refractivity contribution is 6.32. The van der Waals surface area contributed by atoms with Gasteiger partial charge in [-0.15, -0.1) is 0 Å². The molecule has 104 valence electrons. The summed E-state index contributed by atoms with van der Waals surface area (Å²) < 4.78 is 5.86. The Bertz CT molecular complexity index is 425.